The quantitative estimate of drug-likeness (QED) is 0.799. The molecule has 0 amide bonds. The molecule has 134 valence electrons. The summed E-state index contributed by atoms with van der Waals surface area (Å²) in [6, 6.07) is 12.1. The molecule has 26 heavy (non-hydrogen) atoms. The predicted octanol–water partition coefficient (Wildman–Crippen LogP) is 3.52. The second kappa shape index (κ2) is 7.84. The fraction of sp³-hybridized carbons (Fsp3) is 0.476. The molecule has 0 bridgehead atoms. The summed E-state index contributed by atoms with van der Waals surface area (Å²) in [6.07, 6.45) is 6.42. The van der Waals surface area contributed by atoms with Crippen molar-refractivity contribution in [1.82, 2.24) is 14.9 Å². The highest BCUT2D eigenvalue weighted by Gasteiger charge is 2.25. The van der Waals surface area contributed by atoms with E-state index in [4.69, 9.17) is 10.00 Å². The van der Waals surface area contributed by atoms with Crippen molar-refractivity contribution in [2.24, 2.45) is 5.92 Å². The average Bonchev–Trinajstić information content (AvgIpc) is 3.54. The summed E-state index contributed by atoms with van der Waals surface area (Å²) in [6.45, 7) is 3.87. The minimum Gasteiger partial charge on any atom is -0.477 e. The van der Waals surface area contributed by atoms with E-state index in [-0.39, 0.29) is 0 Å². The first-order valence-electron chi connectivity index (χ1n) is 9.46. The second-order valence-electron chi connectivity index (χ2n) is 7.39. The maximum Gasteiger partial charge on any atom is 0.216 e. The number of nitrogens with zero attached hydrogens (tertiary/aromatic N) is 4. The van der Waals surface area contributed by atoms with E-state index in [9.17, 15) is 0 Å². The Morgan fingerprint density at radius 2 is 1.85 bits per heavy atom. The van der Waals surface area contributed by atoms with Gasteiger partial charge in [0.05, 0.1) is 23.9 Å². The molecule has 2 aromatic rings. The lowest BCUT2D eigenvalue weighted by Gasteiger charge is -2.31. The number of hydrogen-bond donors (Lipinski definition) is 0. The Bertz CT molecular complexity index is 771. The van der Waals surface area contributed by atoms with Crippen LogP contribution in [0.15, 0.2) is 36.7 Å². The zero-order valence-electron chi connectivity index (χ0n) is 15.0. The number of hydrogen-bond acceptors (Lipinski definition) is 5. The molecular weight excluding hydrogens is 324 g/mol. The van der Waals surface area contributed by atoms with Gasteiger partial charge in [0.15, 0.2) is 0 Å². The van der Waals surface area contributed by atoms with E-state index in [2.05, 4.69) is 33.1 Å². The Kier molecular flexibility index (Phi) is 5.12. The minimum absolute atomic E-state index is 0.589. The number of nitriles is 1. The van der Waals surface area contributed by atoms with E-state index >= 15 is 0 Å². The Hall–Kier alpha value is -2.45. The summed E-state index contributed by atoms with van der Waals surface area (Å²) in [5.74, 6) is 1.94. The molecule has 1 aliphatic heterocycles. The molecule has 2 fully saturated rings. The lowest BCUT2D eigenvalue weighted by Crippen LogP contribution is -2.35. The maximum atomic E-state index is 8.88. The molecule has 2 heterocycles. The summed E-state index contributed by atoms with van der Waals surface area (Å²) in [5, 5.41) is 8.88. The van der Waals surface area contributed by atoms with Crippen LogP contribution in [0.2, 0.25) is 0 Å². The third kappa shape index (κ3) is 4.39. The zero-order chi connectivity index (χ0) is 17.8. The fourth-order valence-electron chi connectivity index (χ4n) is 3.49. The summed E-state index contributed by atoms with van der Waals surface area (Å²) in [4.78, 5) is 11.1. The van der Waals surface area contributed by atoms with E-state index in [1.165, 1.54) is 18.4 Å². The van der Waals surface area contributed by atoms with Gasteiger partial charge in [-0.3, -0.25) is 4.90 Å². The topological polar surface area (TPSA) is 62.0 Å². The van der Waals surface area contributed by atoms with Gasteiger partial charge in [-0.1, -0.05) is 12.1 Å². The molecule has 2 aliphatic rings. The van der Waals surface area contributed by atoms with Gasteiger partial charge in [0, 0.05) is 18.5 Å². The van der Waals surface area contributed by atoms with E-state index in [0.717, 1.165) is 56.2 Å². The molecule has 1 aromatic heterocycles. The molecule has 0 radical (unpaired) electrons. The van der Waals surface area contributed by atoms with Crippen molar-refractivity contribution in [2.45, 2.75) is 38.1 Å². The van der Waals surface area contributed by atoms with Gasteiger partial charge in [0.2, 0.25) is 5.88 Å². The van der Waals surface area contributed by atoms with Crippen LogP contribution < -0.4 is 4.74 Å². The number of likely N-dealkylation sites (tertiary alicyclic amines) is 1. The highest BCUT2D eigenvalue weighted by molar-refractivity contribution is 5.31. The third-order valence-electron chi connectivity index (χ3n) is 5.32. The maximum absolute atomic E-state index is 8.88. The Labute approximate surface area is 154 Å². The van der Waals surface area contributed by atoms with E-state index in [1.807, 2.05) is 18.2 Å². The second-order valence-corrected chi connectivity index (χ2v) is 7.39. The third-order valence-corrected chi connectivity index (χ3v) is 5.32. The normalized spacial score (nSPS) is 18.4. The molecule has 1 aromatic carbocycles. The molecule has 1 saturated heterocycles. The van der Waals surface area contributed by atoms with Gasteiger partial charge < -0.3 is 4.74 Å². The number of benzene rings is 1. The van der Waals surface area contributed by atoms with Crippen molar-refractivity contribution in [3.05, 3.63) is 53.5 Å². The lowest BCUT2D eigenvalue weighted by atomic mass is 9.97. The van der Waals surface area contributed by atoms with Crippen LogP contribution >= 0.6 is 0 Å². The molecule has 4 rings (SSSR count). The highest BCUT2D eigenvalue weighted by atomic mass is 16.5. The summed E-state index contributed by atoms with van der Waals surface area (Å²) in [7, 11) is 0. The van der Waals surface area contributed by atoms with Gasteiger partial charge >= 0.3 is 0 Å². The van der Waals surface area contributed by atoms with Crippen molar-refractivity contribution in [3.8, 4) is 11.9 Å². The Morgan fingerprint density at radius 1 is 1.08 bits per heavy atom. The van der Waals surface area contributed by atoms with Crippen molar-refractivity contribution in [2.75, 3.05) is 19.7 Å². The van der Waals surface area contributed by atoms with Crippen LogP contribution in [-0.2, 0) is 6.54 Å². The van der Waals surface area contributed by atoms with Gasteiger partial charge in [0.1, 0.15) is 6.33 Å². The molecule has 5 heteroatoms. The van der Waals surface area contributed by atoms with Crippen molar-refractivity contribution >= 4 is 0 Å². The molecule has 0 unspecified atom stereocenters. The minimum atomic E-state index is 0.589. The van der Waals surface area contributed by atoms with Crippen LogP contribution in [0.25, 0.3) is 0 Å². The van der Waals surface area contributed by atoms with Gasteiger partial charge in [-0.15, -0.1) is 0 Å². The molecule has 1 aliphatic carbocycles. The first-order valence-corrected chi connectivity index (χ1v) is 9.46. The Morgan fingerprint density at radius 3 is 2.54 bits per heavy atom. The molecular formula is C21H24N4O. The smallest absolute Gasteiger partial charge is 0.216 e. The molecule has 0 spiro atoms. The standard InChI is InChI=1S/C21H24N4O/c22-12-16-1-3-17(4-2-16)13-25-9-7-18(8-10-25)14-26-21-11-20(19-5-6-19)23-15-24-21/h1-4,11,15,18-19H,5-10,13-14H2. The molecule has 1 saturated carbocycles. The van der Waals surface area contributed by atoms with Crippen LogP contribution in [0.5, 0.6) is 5.88 Å². The highest BCUT2D eigenvalue weighted by Crippen LogP contribution is 2.39. The van der Waals surface area contributed by atoms with Crippen molar-refractivity contribution in [3.63, 3.8) is 0 Å². The zero-order valence-corrected chi connectivity index (χ0v) is 15.0. The van der Waals surface area contributed by atoms with Gasteiger partial charge in [-0.25, -0.2) is 9.97 Å². The number of aromatic nitrogens is 2. The predicted molar refractivity (Wildman–Crippen MR) is 98.7 cm³/mol. The number of ether oxygens (including phenoxy) is 1. The van der Waals surface area contributed by atoms with Gasteiger partial charge in [-0.2, -0.15) is 5.26 Å². The molecule has 0 N–H and O–H groups in total. The van der Waals surface area contributed by atoms with Crippen molar-refractivity contribution in [1.29, 1.82) is 5.26 Å². The Balaban J connectivity index is 1.22. The van der Waals surface area contributed by atoms with E-state index in [1.54, 1.807) is 6.33 Å². The SMILES string of the molecule is N#Cc1ccc(CN2CCC(COc3cc(C4CC4)ncn3)CC2)cc1. The lowest BCUT2D eigenvalue weighted by molar-refractivity contribution is 0.134. The molecule has 5 nitrogen and oxygen atoms in total. The van der Waals surface area contributed by atoms with E-state index in [0.29, 0.717) is 11.8 Å². The fourth-order valence-corrected chi connectivity index (χ4v) is 3.49. The molecule has 0 atom stereocenters. The average molecular weight is 348 g/mol. The van der Waals surface area contributed by atoms with Crippen LogP contribution in [0.4, 0.5) is 0 Å². The monoisotopic (exact) mass is 348 g/mol. The largest absolute Gasteiger partial charge is 0.477 e. The summed E-state index contributed by atoms with van der Waals surface area (Å²) in [5.41, 5.74) is 3.12. The van der Waals surface area contributed by atoms with Crippen LogP contribution in [0.3, 0.4) is 0 Å². The van der Waals surface area contributed by atoms with Crippen LogP contribution in [0.1, 0.15) is 48.4 Å². The number of piperidine rings is 1. The van der Waals surface area contributed by atoms with Gasteiger partial charge in [0.25, 0.3) is 0 Å². The van der Waals surface area contributed by atoms with Crippen molar-refractivity contribution < 1.29 is 4.74 Å². The number of rotatable bonds is 6. The van der Waals surface area contributed by atoms with Crippen LogP contribution in [-0.4, -0.2) is 34.6 Å². The first-order chi connectivity index (χ1) is 12.8. The van der Waals surface area contributed by atoms with E-state index < -0.39 is 0 Å². The summed E-state index contributed by atoms with van der Waals surface area (Å²) >= 11 is 0. The summed E-state index contributed by atoms with van der Waals surface area (Å²) < 4.78 is 5.94. The van der Waals surface area contributed by atoms with Crippen LogP contribution in [0, 0.1) is 17.2 Å². The first kappa shape index (κ1) is 17.0. The van der Waals surface area contributed by atoms with Gasteiger partial charge in [-0.05, 0) is 62.4 Å².